The molecule has 0 saturated heterocycles. The van der Waals surface area contributed by atoms with Gasteiger partial charge >= 0.3 is 5.97 Å². The van der Waals surface area contributed by atoms with E-state index >= 15 is 0 Å². The first-order chi connectivity index (χ1) is 10.6. The number of fused-ring (bicyclic) bond motifs is 1. The smallest absolute Gasteiger partial charge is 0.354 e. The number of carboxylic acid groups (broad SMARTS) is 1. The van der Waals surface area contributed by atoms with Crippen molar-refractivity contribution >= 4 is 32.8 Å². The summed E-state index contributed by atoms with van der Waals surface area (Å²) in [5.74, 6) is -0.499. The van der Waals surface area contributed by atoms with Gasteiger partial charge in [0.15, 0.2) is 0 Å². The first-order valence-corrected chi connectivity index (χ1v) is 7.44. The Balaban J connectivity index is 1.99. The zero-order valence-corrected chi connectivity index (χ0v) is 13.1. The summed E-state index contributed by atoms with van der Waals surface area (Å²) in [7, 11) is 0. The molecule has 3 rings (SSSR count). The number of aromatic nitrogens is 1. The average Bonchev–Trinajstić information content (AvgIpc) is 2.55. The van der Waals surface area contributed by atoms with E-state index in [1.165, 1.54) is 6.07 Å². The minimum atomic E-state index is -1.06. The van der Waals surface area contributed by atoms with Crippen molar-refractivity contribution in [2.75, 3.05) is 0 Å². The zero-order chi connectivity index (χ0) is 15.5. The lowest BCUT2D eigenvalue weighted by Gasteiger charge is -2.10. The normalized spacial score (nSPS) is 10.6. The van der Waals surface area contributed by atoms with Gasteiger partial charge < -0.3 is 9.84 Å². The number of pyridine rings is 1. The van der Waals surface area contributed by atoms with Crippen molar-refractivity contribution in [2.24, 2.45) is 0 Å². The van der Waals surface area contributed by atoms with Crippen LogP contribution in [-0.2, 0) is 6.61 Å². The highest BCUT2D eigenvalue weighted by atomic mass is 79.9. The summed E-state index contributed by atoms with van der Waals surface area (Å²) in [4.78, 5) is 15.3. The van der Waals surface area contributed by atoms with Crippen molar-refractivity contribution in [2.45, 2.75) is 6.61 Å². The number of carbonyl (C=O) groups is 1. The van der Waals surface area contributed by atoms with Crippen LogP contribution in [0.5, 0.6) is 5.75 Å². The Kier molecular flexibility index (Phi) is 4.06. The van der Waals surface area contributed by atoms with Gasteiger partial charge in [-0.3, -0.25) is 0 Å². The molecule has 22 heavy (non-hydrogen) atoms. The summed E-state index contributed by atoms with van der Waals surface area (Å²) in [6.07, 6.45) is 0. The highest BCUT2D eigenvalue weighted by Crippen LogP contribution is 2.31. The number of halogens is 1. The number of nitrogens with zero attached hydrogens (tertiary/aromatic N) is 1. The van der Waals surface area contributed by atoms with E-state index in [0.29, 0.717) is 17.9 Å². The molecule has 5 heteroatoms. The topological polar surface area (TPSA) is 59.4 Å². The number of benzene rings is 2. The Labute approximate surface area is 135 Å². The first-order valence-electron chi connectivity index (χ1n) is 6.64. The fourth-order valence-electron chi connectivity index (χ4n) is 2.13. The molecular weight excluding hydrogens is 346 g/mol. The predicted molar refractivity (Wildman–Crippen MR) is 87.2 cm³/mol. The van der Waals surface area contributed by atoms with E-state index in [0.717, 1.165) is 15.4 Å². The summed E-state index contributed by atoms with van der Waals surface area (Å²) >= 11 is 3.45. The van der Waals surface area contributed by atoms with Gasteiger partial charge in [0.1, 0.15) is 23.6 Å². The molecule has 0 aliphatic carbocycles. The number of carboxylic acids is 1. The second-order valence-electron chi connectivity index (χ2n) is 4.72. The van der Waals surface area contributed by atoms with E-state index in [1.807, 2.05) is 36.4 Å². The van der Waals surface area contributed by atoms with Gasteiger partial charge in [0.05, 0.1) is 0 Å². The molecule has 0 aliphatic heterocycles. The van der Waals surface area contributed by atoms with Gasteiger partial charge in [-0.15, -0.1) is 0 Å². The lowest BCUT2D eigenvalue weighted by molar-refractivity contribution is 0.0691. The van der Waals surface area contributed by atoms with E-state index in [4.69, 9.17) is 9.84 Å². The van der Waals surface area contributed by atoms with Crippen LogP contribution in [0.25, 0.3) is 10.9 Å². The maximum absolute atomic E-state index is 11.1. The first kappa shape index (κ1) is 14.5. The van der Waals surface area contributed by atoms with Crippen molar-refractivity contribution in [3.8, 4) is 5.75 Å². The third kappa shape index (κ3) is 2.94. The monoisotopic (exact) mass is 357 g/mol. The Morgan fingerprint density at radius 1 is 1.09 bits per heavy atom. The molecule has 110 valence electrons. The molecule has 3 aromatic rings. The maximum atomic E-state index is 11.1. The van der Waals surface area contributed by atoms with Crippen LogP contribution < -0.4 is 4.74 Å². The molecule has 0 unspecified atom stereocenters. The minimum Gasteiger partial charge on any atom is -0.487 e. The van der Waals surface area contributed by atoms with Crippen LogP contribution in [0.1, 0.15) is 16.1 Å². The number of hydrogen-bond acceptors (Lipinski definition) is 3. The van der Waals surface area contributed by atoms with Crippen LogP contribution in [-0.4, -0.2) is 16.1 Å². The Hall–Kier alpha value is -2.40. The van der Waals surface area contributed by atoms with Gasteiger partial charge in [0, 0.05) is 9.86 Å². The highest BCUT2D eigenvalue weighted by molar-refractivity contribution is 9.10. The molecule has 0 radical (unpaired) electrons. The quantitative estimate of drug-likeness (QED) is 0.757. The van der Waals surface area contributed by atoms with E-state index in [2.05, 4.69) is 20.9 Å². The van der Waals surface area contributed by atoms with Gasteiger partial charge in [0.25, 0.3) is 0 Å². The number of hydrogen-bond donors (Lipinski definition) is 1. The molecule has 0 fully saturated rings. The van der Waals surface area contributed by atoms with Crippen LogP contribution in [0.4, 0.5) is 0 Å². The molecule has 0 saturated carbocycles. The van der Waals surface area contributed by atoms with E-state index in [9.17, 15) is 4.79 Å². The third-order valence-electron chi connectivity index (χ3n) is 3.22. The second kappa shape index (κ2) is 6.15. The molecule has 0 spiro atoms. The third-order valence-corrected chi connectivity index (χ3v) is 3.91. The van der Waals surface area contributed by atoms with Gasteiger partial charge in [-0.25, -0.2) is 9.78 Å². The summed E-state index contributed by atoms with van der Waals surface area (Å²) in [6.45, 7) is 0.399. The molecule has 2 aromatic carbocycles. The molecule has 4 nitrogen and oxygen atoms in total. The second-order valence-corrected chi connectivity index (χ2v) is 5.57. The fourth-order valence-corrected chi connectivity index (χ4v) is 2.58. The van der Waals surface area contributed by atoms with Crippen molar-refractivity contribution in [1.82, 2.24) is 4.98 Å². The Bertz CT molecular complexity index is 834. The lowest BCUT2D eigenvalue weighted by atomic mass is 10.2. The summed E-state index contributed by atoms with van der Waals surface area (Å²) in [5, 5.41) is 9.91. The van der Waals surface area contributed by atoms with Crippen molar-refractivity contribution < 1.29 is 14.6 Å². The average molecular weight is 358 g/mol. The van der Waals surface area contributed by atoms with Gasteiger partial charge in [-0.2, -0.15) is 0 Å². The summed E-state index contributed by atoms with van der Waals surface area (Å²) < 4.78 is 6.67. The van der Waals surface area contributed by atoms with E-state index < -0.39 is 5.97 Å². The number of rotatable bonds is 4. The SMILES string of the molecule is O=C(O)c1ccc2c(Br)ccc(OCc3ccccc3)c2n1. The number of ether oxygens (including phenoxy) is 1. The zero-order valence-electron chi connectivity index (χ0n) is 11.5. The number of aromatic carboxylic acids is 1. The van der Waals surface area contributed by atoms with Gasteiger partial charge in [-0.05, 0) is 29.8 Å². The Morgan fingerprint density at radius 2 is 1.86 bits per heavy atom. The predicted octanol–water partition coefficient (Wildman–Crippen LogP) is 4.27. The maximum Gasteiger partial charge on any atom is 0.354 e. The Morgan fingerprint density at radius 3 is 2.59 bits per heavy atom. The van der Waals surface area contributed by atoms with Crippen molar-refractivity contribution in [3.63, 3.8) is 0 Å². The molecule has 1 aromatic heterocycles. The highest BCUT2D eigenvalue weighted by Gasteiger charge is 2.11. The summed E-state index contributed by atoms with van der Waals surface area (Å²) in [5.41, 5.74) is 1.56. The van der Waals surface area contributed by atoms with Crippen LogP contribution in [0.3, 0.4) is 0 Å². The van der Waals surface area contributed by atoms with Crippen LogP contribution in [0, 0.1) is 0 Å². The van der Waals surface area contributed by atoms with Gasteiger partial charge in [-0.1, -0.05) is 46.3 Å². The molecule has 0 aliphatic rings. The van der Waals surface area contributed by atoms with Gasteiger partial charge in [0.2, 0.25) is 0 Å². The van der Waals surface area contributed by atoms with Crippen molar-refractivity contribution in [3.05, 3.63) is 70.3 Å². The molecule has 0 atom stereocenters. The molecule has 1 heterocycles. The van der Waals surface area contributed by atoms with Crippen molar-refractivity contribution in [1.29, 1.82) is 0 Å². The standard InChI is InChI=1S/C17H12BrNO3/c18-13-7-9-15(22-10-11-4-2-1-3-5-11)16-12(13)6-8-14(19-16)17(20)21/h1-9H,10H2,(H,20,21). The summed E-state index contributed by atoms with van der Waals surface area (Å²) in [6, 6.07) is 16.6. The minimum absolute atomic E-state index is 0.00448. The molecule has 0 bridgehead atoms. The van der Waals surface area contributed by atoms with Crippen LogP contribution in [0.2, 0.25) is 0 Å². The largest absolute Gasteiger partial charge is 0.487 e. The lowest BCUT2D eigenvalue weighted by Crippen LogP contribution is -2.02. The molecular formula is C17H12BrNO3. The van der Waals surface area contributed by atoms with Crippen LogP contribution in [0.15, 0.2) is 59.1 Å². The van der Waals surface area contributed by atoms with Crippen LogP contribution >= 0.6 is 15.9 Å². The van der Waals surface area contributed by atoms with E-state index in [1.54, 1.807) is 12.1 Å². The van der Waals surface area contributed by atoms with E-state index in [-0.39, 0.29) is 5.69 Å². The fraction of sp³-hybridized carbons (Fsp3) is 0.0588. The molecule has 1 N–H and O–H groups in total. The molecule has 0 amide bonds.